The van der Waals surface area contributed by atoms with Crippen molar-refractivity contribution in [2.45, 2.75) is 17.1 Å². The standard InChI is InChI=1S/C18H18Cl3NOS2/c19-14-2-4-15(5-3-14)25-9-7-18(23)22-8-10-24-12-13-1-6-16(20)17(21)11-13/h1-6,11H,7-10,12H2,(H,22,23). The second kappa shape index (κ2) is 11.2. The lowest BCUT2D eigenvalue weighted by molar-refractivity contribution is -0.120. The van der Waals surface area contributed by atoms with Crippen LogP contribution < -0.4 is 5.32 Å². The van der Waals surface area contributed by atoms with Crippen molar-refractivity contribution in [2.75, 3.05) is 18.1 Å². The smallest absolute Gasteiger partial charge is 0.220 e. The van der Waals surface area contributed by atoms with Gasteiger partial charge in [0, 0.05) is 40.1 Å². The Morgan fingerprint density at radius 3 is 2.44 bits per heavy atom. The molecule has 2 rings (SSSR count). The van der Waals surface area contributed by atoms with E-state index in [1.807, 2.05) is 36.4 Å². The molecule has 7 heteroatoms. The Morgan fingerprint density at radius 1 is 0.960 bits per heavy atom. The van der Waals surface area contributed by atoms with Gasteiger partial charge in [0.05, 0.1) is 10.0 Å². The van der Waals surface area contributed by atoms with Gasteiger partial charge < -0.3 is 5.32 Å². The van der Waals surface area contributed by atoms with Crippen molar-refractivity contribution >= 4 is 64.2 Å². The van der Waals surface area contributed by atoms with Gasteiger partial charge in [-0.1, -0.05) is 40.9 Å². The first kappa shape index (κ1) is 20.8. The molecule has 0 heterocycles. The largest absolute Gasteiger partial charge is 0.355 e. The number of carbonyl (C=O) groups excluding carboxylic acids is 1. The number of nitrogens with one attached hydrogen (secondary N) is 1. The van der Waals surface area contributed by atoms with Crippen LogP contribution >= 0.6 is 58.3 Å². The van der Waals surface area contributed by atoms with Crippen LogP contribution in [0.4, 0.5) is 0 Å². The van der Waals surface area contributed by atoms with Crippen molar-refractivity contribution in [3.05, 3.63) is 63.1 Å². The van der Waals surface area contributed by atoms with Gasteiger partial charge in [0.15, 0.2) is 0 Å². The number of hydrogen-bond donors (Lipinski definition) is 1. The van der Waals surface area contributed by atoms with E-state index in [0.29, 0.717) is 23.0 Å². The van der Waals surface area contributed by atoms with Crippen molar-refractivity contribution < 1.29 is 4.79 Å². The maximum Gasteiger partial charge on any atom is 0.220 e. The van der Waals surface area contributed by atoms with E-state index in [4.69, 9.17) is 34.8 Å². The molecule has 0 aliphatic rings. The minimum absolute atomic E-state index is 0.0802. The normalized spacial score (nSPS) is 10.7. The lowest BCUT2D eigenvalue weighted by Gasteiger charge is -2.06. The van der Waals surface area contributed by atoms with Crippen LogP contribution in [0, 0.1) is 0 Å². The molecule has 2 nitrogen and oxygen atoms in total. The zero-order valence-corrected chi connectivity index (χ0v) is 17.3. The van der Waals surface area contributed by atoms with Gasteiger partial charge >= 0.3 is 0 Å². The second-order valence-electron chi connectivity index (χ2n) is 5.20. The highest BCUT2D eigenvalue weighted by Gasteiger charge is 2.03. The summed E-state index contributed by atoms with van der Waals surface area (Å²) in [5.41, 5.74) is 1.13. The number of carbonyl (C=O) groups is 1. The van der Waals surface area contributed by atoms with Crippen LogP contribution in [0.15, 0.2) is 47.4 Å². The molecule has 0 bridgehead atoms. The lowest BCUT2D eigenvalue weighted by Crippen LogP contribution is -2.25. The number of amides is 1. The Balaban J connectivity index is 1.54. The van der Waals surface area contributed by atoms with Crippen molar-refractivity contribution in [1.29, 1.82) is 0 Å². The predicted octanol–water partition coefficient (Wildman–Crippen LogP) is 6.18. The zero-order chi connectivity index (χ0) is 18.1. The monoisotopic (exact) mass is 433 g/mol. The van der Waals surface area contributed by atoms with Gasteiger partial charge in [0.2, 0.25) is 5.91 Å². The van der Waals surface area contributed by atoms with Crippen LogP contribution in [0.2, 0.25) is 15.1 Å². The second-order valence-corrected chi connectivity index (χ2v) is 8.73. The van der Waals surface area contributed by atoms with E-state index >= 15 is 0 Å². The van der Waals surface area contributed by atoms with Crippen LogP contribution in [0.1, 0.15) is 12.0 Å². The summed E-state index contributed by atoms with van der Waals surface area (Å²) in [5.74, 6) is 2.54. The number of halogens is 3. The third-order valence-corrected chi connectivity index (χ3v) is 6.27. The third kappa shape index (κ3) is 8.14. The van der Waals surface area contributed by atoms with E-state index in [-0.39, 0.29) is 5.91 Å². The first-order chi connectivity index (χ1) is 12.0. The summed E-state index contributed by atoms with van der Waals surface area (Å²) < 4.78 is 0. The quantitative estimate of drug-likeness (QED) is 0.377. The molecule has 2 aromatic carbocycles. The fraction of sp³-hybridized carbons (Fsp3) is 0.278. The topological polar surface area (TPSA) is 29.1 Å². The fourth-order valence-electron chi connectivity index (χ4n) is 1.96. The molecule has 0 radical (unpaired) electrons. The number of benzene rings is 2. The van der Waals surface area contributed by atoms with Gasteiger partial charge in [0.25, 0.3) is 0 Å². The Bertz CT molecular complexity index is 695. The van der Waals surface area contributed by atoms with Gasteiger partial charge in [0.1, 0.15) is 0 Å². The molecule has 0 spiro atoms. The molecule has 0 saturated heterocycles. The van der Waals surface area contributed by atoms with Crippen LogP contribution in [0.5, 0.6) is 0 Å². The van der Waals surface area contributed by atoms with Crippen molar-refractivity contribution in [1.82, 2.24) is 5.32 Å². The molecule has 25 heavy (non-hydrogen) atoms. The van der Waals surface area contributed by atoms with E-state index in [2.05, 4.69) is 5.32 Å². The molecule has 0 saturated carbocycles. The van der Waals surface area contributed by atoms with Crippen molar-refractivity contribution in [3.63, 3.8) is 0 Å². The van der Waals surface area contributed by atoms with Crippen LogP contribution in [-0.2, 0) is 10.5 Å². The average molecular weight is 435 g/mol. The van der Waals surface area contributed by atoms with Gasteiger partial charge in [-0.05, 0) is 42.0 Å². The molecule has 0 fully saturated rings. The van der Waals surface area contributed by atoms with Gasteiger partial charge in [-0.2, -0.15) is 11.8 Å². The molecule has 0 unspecified atom stereocenters. The summed E-state index contributed by atoms with van der Waals surface area (Å²) in [5, 5.41) is 4.81. The highest BCUT2D eigenvalue weighted by Crippen LogP contribution is 2.24. The summed E-state index contributed by atoms with van der Waals surface area (Å²) in [7, 11) is 0. The molecule has 0 atom stereocenters. The molecular weight excluding hydrogens is 417 g/mol. The van der Waals surface area contributed by atoms with Gasteiger partial charge in [-0.15, -0.1) is 11.8 Å². The molecule has 0 aliphatic heterocycles. The average Bonchev–Trinajstić information content (AvgIpc) is 2.59. The van der Waals surface area contributed by atoms with E-state index in [1.54, 1.807) is 29.6 Å². The van der Waals surface area contributed by atoms with Crippen LogP contribution in [0.25, 0.3) is 0 Å². The van der Waals surface area contributed by atoms with Crippen LogP contribution in [-0.4, -0.2) is 24.0 Å². The lowest BCUT2D eigenvalue weighted by atomic mass is 10.2. The summed E-state index contributed by atoms with van der Waals surface area (Å²) in [6, 6.07) is 13.3. The summed E-state index contributed by atoms with van der Waals surface area (Å²) in [4.78, 5) is 12.9. The molecule has 1 N–H and O–H groups in total. The summed E-state index contributed by atoms with van der Waals surface area (Å²) in [6.07, 6.45) is 0.505. The fourth-order valence-corrected chi connectivity index (χ4v) is 4.07. The van der Waals surface area contributed by atoms with Crippen molar-refractivity contribution in [2.24, 2.45) is 0 Å². The highest BCUT2D eigenvalue weighted by atomic mass is 35.5. The van der Waals surface area contributed by atoms with Crippen molar-refractivity contribution in [3.8, 4) is 0 Å². The van der Waals surface area contributed by atoms with E-state index in [0.717, 1.165) is 32.7 Å². The minimum Gasteiger partial charge on any atom is -0.355 e. The highest BCUT2D eigenvalue weighted by molar-refractivity contribution is 7.99. The van der Waals surface area contributed by atoms with Crippen LogP contribution in [0.3, 0.4) is 0 Å². The molecule has 1 amide bonds. The Kier molecular flexibility index (Phi) is 9.35. The summed E-state index contributed by atoms with van der Waals surface area (Å²) >= 11 is 21.1. The van der Waals surface area contributed by atoms with Gasteiger partial charge in [-0.25, -0.2) is 0 Å². The predicted molar refractivity (Wildman–Crippen MR) is 112 cm³/mol. The van der Waals surface area contributed by atoms with E-state index in [9.17, 15) is 4.79 Å². The molecule has 0 aromatic heterocycles. The maximum absolute atomic E-state index is 11.8. The van der Waals surface area contributed by atoms with Gasteiger partial charge in [-0.3, -0.25) is 4.79 Å². The molecule has 0 aliphatic carbocycles. The maximum atomic E-state index is 11.8. The molecule has 2 aromatic rings. The Labute approximate surface area is 172 Å². The number of thioether (sulfide) groups is 2. The summed E-state index contributed by atoms with van der Waals surface area (Å²) in [6.45, 7) is 0.663. The Morgan fingerprint density at radius 2 is 1.72 bits per heavy atom. The van der Waals surface area contributed by atoms with E-state index < -0.39 is 0 Å². The molecular formula is C18H18Cl3NOS2. The number of rotatable bonds is 9. The first-order valence-electron chi connectivity index (χ1n) is 7.71. The number of hydrogen-bond acceptors (Lipinski definition) is 3. The minimum atomic E-state index is 0.0802. The SMILES string of the molecule is O=C(CCSc1ccc(Cl)cc1)NCCSCc1ccc(Cl)c(Cl)c1. The molecule has 134 valence electrons. The third-order valence-electron chi connectivity index (χ3n) is 3.23. The first-order valence-corrected chi connectivity index (χ1v) is 11.0. The van der Waals surface area contributed by atoms with E-state index in [1.165, 1.54) is 0 Å². The zero-order valence-electron chi connectivity index (χ0n) is 13.4. The Hall–Kier alpha value is -0.520.